The molecule has 0 unspecified atom stereocenters. The average molecular weight is 300 g/mol. The van der Waals surface area contributed by atoms with Crippen LogP contribution < -0.4 is 0 Å². The predicted molar refractivity (Wildman–Crippen MR) is 65.7 cm³/mol. The van der Waals surface area contributed by atoms with Gasteiger partial charge in [0.05, 0.1) is 10.2 Å². The molecule has 1 N–H and O–H groups in total. The van der Waals surface area contributed by atoms with Crippen LogP contribution in [0.5, 0.6) is 5.75 Å². The molecule has 0 saturated heterocycles. The summed E-state index contributed by atoms with van der Waals surface area (Å²) in [5, 5.41) is 17.7. The van der Waals surface area contributed by atoms with Crippen LogP contribution in [-0.2, 0) is 6.42 Å². The summed E-state index contributed by atoms with van der Waals surface area (Å²) in [4.78, 5) is 0. The molecule has 0 saturated carbocycles. The molecule has 2 rings (SSSR count). The van der Waals surface area contributed by atoms with Crippen molar-refractivity contribution in [2.24, 2.45) is 0 Å². The number of aromatic nitrogens is 2. The van der Waals surface area contributed by atoms with Gasteiger partial charge in [0.1, 0.15) is 5.75 Å². The number of hydrogen-bond acceptors (Lipinski definition) is 3. The lowest BCUT2D eigenvalue weighted by atomic mass is 10.1. The van der Waals surface area contributed by atoms with Gasteiger partial charge < -0.3 is 5.11 Å². The van der Waals surface area contributed by atoms with Crippen molar-refractivity contribution in [3.63, 3.8) is 0 Å². The molecule has 5 heteroatoms. The third kappa shape index (κ3) is 2.51. The average Bonchev–Trinajstić information content (AvgIpc) is 2.27. The molecule has 1 aromatic carbocycles. The van der Waals surface area contributed by atoms with Crippen molar-refractivity contribution < 1.29 is 5.11 Å². The minimum Gasteiger partial charge on any atom is -0.508 e. The molecule has 1 aromatic heterocycles. The summed E-state index contributed by atoms with van der Waals surface area (Å²) in [6, 6.07) is 8.94. The van der Waals surface area contributed by atoms with E-state index in [1.165, 1.54) is 0 Å². The third-order valence-corrected chi connectivity index (χ3v) is 3.23. The van der Waals surface area contributed by atoms with Crippen molar-refractivity contribution in [3.05, 3.63) is 51.2 Å². The van der Waals surface area contributed by atoms with Gasteiger partial charge in [-0.1, -0.05) is 29.8 Å². The van der Waals surface area contributed by atoms with Crippen molar-refractivity contribution in [2.75, 3.05) is 0 Å². The lowest BCUT2D eigenvalue weighted by Gasteiger charge is -2.03. The zero-order valence-corrected chi connectivity index (χ0v) is 10.5. The van der Waals surface area contributed by atoms with Crippen molar-refractivity contribution in [2.45, 2.75) is 6.42 Å². The molecule has 0 amide bonds. The number of aromatic hydroxyl groups is 1. The number of nitrogens with zero attached hydrogens (tertiary/aromatic N) is 2. The summed E-state index contributed by atoms with van der Waals surface area (Å²) in [7, 11) is 0. The number of phenolic OH excluding ortho intramolecular Hbond substituents is 1. The second-order valence-corrected chi connectivity index (χ2v) is 4.49. The number of para-hydroxylation sites is 1. The number of hydrogen-bond donors (Lipinski definition) is 1. The molecule has 0 atom stereocenters. The van der Waals surface area contributed by atoms with E-state index in [-0.39, 0.29) is 5.75 Å². The van der Waals surface area contributed by atoms with Gasteiger partial charge in [-0.05, 0) is 33.6 Å². The quantitative estimate of drug-likeness (QED) is 0.926. The van der Waals surface area contributed by atoms with E-state index in [9.17, 15) is 5.11 Å². The fraction of sp³-hybridized carbons (Fsp3) is 0.0909. The van der Waals surface area contributed by atoms with E-state index in [4.69, 9.17) is 11.6 Å². The normalized spacial score (nSPS) is 10.4. The Morgan fingerprint density at radius 1 is 1.25 bits per heavy atom. The molecule has 2 aromatic rings. The number of halogens is 2. The largest absolute Gasteiger partial charge is 0.508 e. The summed E-state index contributed by atoms with van der Waals surface area (Å²) in [6.07, 6.45) is 0.523. The van der Waals surface area contributed by atoms with Gasteiger partial charge in [0.2, 0.25) is 0 Å². The summed E-state index contributed by atoms with van der Waals surface area (Å²) >= 11 is 9.03. The predicted octanol–water partition coefficient (Wildman–Crippen LogP) is 3.19. The Morgan fingerprint density at radius 3 is 2.69 bits per heavy atom. The first-order chi connectivity index (χ1) is 7.66. The van der Waals surface area contributed by atoms with Crippen LogP contribution in [0.15, 0.2) is 34.8 Å². The highest BCUT2D eigenvalue weighted by Gasteiger charge is 2.06. The Morgan fingerprint density at radius 2 is 2.00 bits per heavy atom. The van der Waals surface area contributed by atoms with Gasteiger partial charge in [0.15, 0.2) is 5.15 Å². The lowest BCUT2D eigenvalue weighted by molar-refractivity contribution is 0.469. The number of benzene rings is 1. The summed E-state index contributed by atoms with van der Waals surface area (Å²) in [6.45, 7) is 0. The molecular weight excluding hydrogens is 291 g/mol. The first-order valence-electron chi connectivity index (χ1n) is 4.61. The van der Waals surface area contributed by atoms with E-state index >= 15 is 0 Å². The summed E-state index contributed by atoms with van der Waals surface area (Å²) in [5.41, 5.74) is 1.56. The van der Waals surface area contributed by atoms with Gasteiger partial charge in [-0.25, -0.2) is 0 Å². The molecule has 0 aliphatic heterocycles. The van der Waals surface area contributed by atoms with E-state index in [2.05, 4.69) is 26.1 Å². The maximum atomic E-state index is 9.61. The van der Waals surface area contributed by atoms with Crippen LogP contribution in [0.3, 0.4) is 0 Å². The Hall–Kier alpha value is -1.13. The molecule has 0 radical (unpaired) electrons. The zero-order chi connectivity index (χ0) is 11.5. The highest BCUT2D eigenvalue weighted by Crippen LogP contribution is 2.22. The first kappa shape index (κ1) is 11.4. The maximum Gasteiger partial charge on any atom is 0.165 e. The van der Waals surface area contributed by atoms with Gasteiger partial charge in [-0.2, -0.15) is 5.10 Å². The highest BCUT2D eigenvalue weighted by molar-refractivity contribution is 9.10. The van der Waals surface area contributed by atoms with Crippen LogP contribution in [-0.4, -0.2) is 15.3 Å². The van der Waals surface area contributed by atoms with Crippen LogP contribution in [0.4, 0.5) is 0 Å². The Kier molecular flexibility index (Phi) is 3.41. The molecule has 0 aliphatic carbocycles. The monoisotopic (exact) mass is 298 g/mol. The minimum absolute atomic E-state index is 0.260. The van der Waals surface area contributed by atoms with Gasteiger partial charge >= 0.3 is 0 Å². The molecule has 1 heterocycles. The Bertz CT molecular complexity index is 519. The van der Waals surface area contributed by atoms with Crippen molar-refractivity contribution in [1.29, 1.82) is 0 Å². The SMILES string of the molecule is Oc1ccccc1Cc1cc(Br)c(Cl)nn1. The van der Waals surface area contributed by atoms with Crippen molar-refractivity contribution in [1.82, 2.24) is 10.2 Å². The van der Waals surface area contributed by atoms with Crippen LogP contribution in [0.1, 0.15) is 11.3 Å². The number of rotatable bonds is 2. The zero-order valence-electron chi connectivity index (χ0n) is 8.19. The van der Waals surface area contributed by atoms with Gasteiger partial charge in [0, 0.05) is 6.42 Å². The highest BCUT2D eigenvalue weighted by atomic mass is 79.9. The fourth-order valence-corrected chi connectivity index (χ4v) is 1.77. The standard InChI is InChI=1S/C11H8BrClN2O/c12-9-6-8(14-15-11(9)13)5-7-3-1-2-4-10(7)16/h1-4,6,16H,5H2. The van der Waals surface area contributed by atoms with E-state index in [0.717, 1.165) is 11.3 Å². The van der Waals surface area contributed by atoms with E-state index in [1.54, 1.807) is 18.2 Å². The molecular formula is C11H8BrClN2O. The topological polar surface area (TPSA) is 46.0 Å². The number of phenols is 1. The first-order valence-corrected chi connectivity index (χ1v) is 5.78. The van der Waals surface area contributed by atoms with Crippen molar-refractivity contribution in [3.8, 4) is 5.75 Å². The van der Waals surface area contributed by atoms with E-state index in [0.29, 0.717) is 16.0 Å². The third-order valence-electron chi connectivity index (χ3n) is 2.12. The van der Waals surface area contributed by atoms with Crippen LogP contribution >= 0.6 is 27.5 Å². The fourth-order valence-electron chi connectivity index (χ4n) is 1.33. The van der Waals surface area contributed by atoms with Crippen LogP contribution in [0, 0.1) is 0 Å². The second-order valence-electron chi connectivity index (χ2n) is 3.28. The second kappa shape index (κ2) is 4.80. The molecule has 0 fully saturated rings. The van der Waals surface area contributed by atoms with E-state index < -0.39 is 0 Å². The lowest BCUT2D eigenvalue weighted by Crippen LogP contribution is -1.95. The molecule has 82 valence electrons. The molecule has 0 bridgehead atoms. The summed E-state index contributed by atoms with van der Waals surface area (Å²) in [5.74, 6) is 0.260. The van der Waals surface area contributed by atoms with Crippen LogP contribution in [0.2, 0.25) is 5.15 Å². The maximum absolute atomic E-state index is 9.61. The van der Waals surface area contributed by atoms with E-state index in [1.807, 2.05) is 12.1 Å². The van der Waals surface area contributed by atoms with Gasteiger partial charge in [-0.15, -0.1) is 5.10 Å². The minimum atomic E-state index is 0.260. The summed E-state index contributed by atoms with van der Waals surface area (Å²) < 4.78 is 0.703. The Labute approximate surface area is 106 Å². The van der Waals surface area contributed by atoms with Gasteiger partial charge in [-0.3, -0.25) is 0 Å². The van der Waals surface area contributed by atoms with Gasteiger partial charge in [0.25, 0.3) is 0 Å². The molecule has 0 spiro atoms. The molecule has 3 nitrogen and oxygen atoms in total. The molecule has 16 heavy (non-hydrogen) atoms. The van der Waals surface area contributed by atoms with Crippen LogP contribution in [0.25, 0.3) is 0 Å². The smallest absolute Gasteiger partial charge is 0.165 e. The Balaban J connectivity index is 2.28. The van der Waals surface area contributed by atoms with Crippen molar-refractivity contribution >= 4 is 27.5 Å². The molecule has 0 aliphatic rings.